The fraction of sp³-hybridized carbons (Fsp3) is 0.444. The van der Waals surface area contributed by atoms with Gasteiger partial charge in [-0.05, 0) is 47.9 Å². The molecule has 1 heterocycles. The lowest BCUT2D eigenvalue weighted by atomic mass is 9.98. The maximum absolute atomic E-state index is 3.66. The fourth-order valence-electron chi connectivity index (χ4n) is 3.08. The predicted molar refractivity (Wildman–Crippen MR) is 95.1 cm³/mol. The molecule has 0 amide bonds. The normalized spacial score (nSPS) is 23.0. The van der Waals surface area contributed by atoms with Gasteiger partial charge in [0.1, 0.15) is 0 Å². The van der Waals surface area contributed by atoms with Crippen LogP contribution in [-0.4, -0.2) is 25.2 Å². The topological polar surface area (TPSA) is 15.3 Å². The molecule has 2 atom stereocenters. The van der Waals surface area contributed by atoms with Crippen molar-refractivity contribution >= 4 is 32.4 Å². The Hall–Kier alpha value is -1.06. The third kappa shape index (κ3) is 3.09. The van der Waals surface area contributed by atoms with E-state index in [1.165, 1.54) is 16.5 Å². The molecule has 3 heteroatoms. The molecule has 1 fully saturated rings. The fourth-order valence-corrected chi connectivity index (χ4v) is 3.46. The molecule has 2 aromatic rings. The van der Waals surface area contributed by atoms with Crippen LogP contribution in [0.25, 0.3) is 10.8 Å². The van der Waals surface area contributed by atoms with Crippen molar-refractivity contribution in [3.8, 4) is 0 Å². The second-order valence-electron chi connectivity index (χ2n) is 6.44. The van der Waals surface area contributed by atoms with Gasteiger partial charge < -0.3 is 10.2 Å². The van der Waals surface area contributed by atoms with Gasteiger partial charge in [-0.15, -0.1) is 0 Å². The second kappa shape index (κ2) is 5.98. The van der Waals surface area contributed by atoms with Crippen LogP contribution in [0.5, 0.6) is 0 Å². The molecular formula is C18H23BrN2. The zero-order valence-electron chi connectivity index (χ0n) is 12.9. The van der Waals surface area contributed by atoms with E-state index in [4.69, 9.17) is 0 Å². The first-order valence-electron chi connectivity index (χ1n) is 7.74. The molecule has 0 aliphatic carbocycles. The van der Waals surface area contributed by atoms with Gasteiger partial charge in [-0.25, -0.2) is 0 Å². The molecule has 1 N–H and O–H groups in total. The standard InChI is InChI=1S/C18H23BrN2/c1-12(2)18-11-21(13(3)10-20-18)17-7-5-14-8-16(19)6-4-15(14)9-17/h4-9,12-13,18,20H,10-11H2,1-3H3. The number of nitrogens with zero attached hydrogens (tertiary/aromatic N) is 1. The van der Waals surface area contributed by atoms with Crippen LogP contribution in [0.1, 0.15) is 20.8 Å². The second-order valence-corrected chi connectivity index (χ2v) is 7.35. The molecule has 1 aliphatic rings. The number of hydrogen-bond donors (Lipinski definition) is 1. The summed E-state index contributed by atoms with van der Waals surface area (Å²) in [5.74, 6) is 0.663. The van der Waals surface area contributed by atoms with E-state index in [1.807, 2.05) is 0 Å². The van der Waals surface area contributed by atoms with Crippen molar-refractivity contribution < 1.29 is 0 Å². The minimum atomic E-state index is 0.535. The summed E-state index contributed by atoms with van der Waals surface area (Å²) in [6.07, 6.45) is 0. The van der Waals surface area contributed by atoms with Gasteiger partial charge in [0.25, 0.3) is 0 Å². The van der Waals surface area contributed by atoms with E-state index >= 15 is 0 Å². The minimum Gasteiger partial charge on any atom is -0.366 e. The largest absolute Gasteiger partial charge is 0.366 e. The van der Waals surface area contributed by atoms with Gasteiger partial charge in [0.05, 0.1) is 0 Å². The Morgan fingerprint density at radius 1 is 1.14 bits per heavy atom. The number of piperazine rings is 1. The highest BCUT2D eigenvalue weighted by Gasteiger charge is 2.26. The van der Waals surface area contributed by atoms with Gasteiger partial charge in [0.15, 0.2) is 0 Å². The third-order valence-corrected chi connectivity index (χ3v) is 5.02. The highest BCUT2D eigenvalue weighted by Crippen LogP contribution is 2.27. The van der Waals surface area contributed by atoms with Crippen LogP contribution in [0.2, 0.25) is 0 Å². The number of anilines is 1. The summed E-state index contributed by atoms with van der Waals surface area (Å²) in [6, 6.07) is 14.4. The summed E-state index contributed by atoms with van der Waals surface area (Å²) in [7, 11) is 0. The summed E-state index contributed by atoms with van der Waals surface area (Å²) in [5.41, 5.74) is 1.34. The van der Waals surface area contributed by atoms with E-state index in [1.54, 1.807) is 0 Å². The number of fused-ring (bicyclic) bond motifs is 1. The van der Waals surface area contributed by atoms with Crippen LogP contribution < -0.4 is 10.2 Å². The van der Waals surface area contributed by atoms with E-state index in [2.05, 4.69) is 83.3 Å². The van der Waals surface area contributed by atoms with Crippen molar-refractivity contribution in [2.75, 3.05) is 18.0 Å². The molecule has 112 valence electrons. The van der Waals surface area contributed by atoms with Gasteiger partial charge in [0, 0.05) is 35.3 Å². The quantitative estimate of drug-likeness (QED) is 0.865. The average Bonchev–Trinajstić information content (AvgIpc) is 2.47. The smallest absolute Gasteiger partial charge is 0.0387 e. The SMILES string of the molecule is CC(C)C1CN(c2ccc3cc(Br)ccc3c2)C(C)CN1. The van der Waals surface area contributed by atoms with Gasteiger partial charge >= 0.3 is 0 Å². The maximum atomic E-state index is 3.66. The highest BCUT2D eigenvalue weighted by molar-refractivity contribution is 9.10. The van der Waals surface area contributed by atoms with Crippen LogP contribution in [-0.2, 0) is 0 Å². The van der Waals surface area contributed by atoms with E-state index in [0.717, 1.165) is 17.6 Å². The minimum absolute atomic E-state index is 0.535. The monoisotopic (exact) mass is 346 g/mol. The number of rotatable bonds is 2. The van der Waals surface area contributed by atoms with Crippen molar-refractivity contribution in [1.82, 2.24) is 5.32 Å². The van der Waals surface area contributed by atoms with Crippen LogP contribution in [0, 0.1) is 5.92 Å². The number of hydrogen-bond acceptors (Lipinski definition) is 2. The van der Waals surface area contributed by atoms with Gasteiger partial charge in [-0.1, -0.05) is 41.9 Å². The molecule has 0 bridgehead atoms. The first-order valence-corrected chi connectivity index (χ1v) is 8.53. The lowest BCUT2D eigenvalue weighted by Gasteiger charge is -2.42. The lowest BCUT2D eigenvalue weighted by molar-refractivity contribution is 0.337. The predicted octanol–water partition coefficient (Wildman–Crippen LogP) is 4.43. The van der Waals surface area contributed by atoms with Crippen molar-refractivity contribution in [2.24, 2.45) is 5.92 Å². The van der Waals surface area contributed by atoms with Gasteiger partial charge in [0.2, 0.25) is 0 Å². The zero-order valence-corrected chi connectivity index (χ0v) is 14.5. The Morgan fingerprint density at radius 3 is 2.62 bits per heavy atom. The van der Waals surface area contributed by atoms with Crippen LogP contribution >= 0.6 is 15.9 Å². The molecule has 0 saturated carbocycles. The van der Waals surface area contributed by atoms with Gasteiger partial charge in [-0.2, -0.15) is 0 Å². The average molecular weight is 347 g/mol. The third-order valence-electron chi connectivity index (χ3n) is 4.52. The Bertz CT molecular complexity index is 638. The Morgan fingerprint density at radius 2 is 1.86 bits per heavy atom. The molecule has 0 radical (unpaired) electrons. The molecule has 1 aliphatic heterocycles. The first kappa shape index (κ1) is 14.9. The molecule has 2 unspecified atom stereocenters. The Labute approximate surface area is 135 Å². The van der Waals surface area contributed by atoms with Crippen molar-refractivity contribution in [3.05, 3.63) is 40.9 Å². The van der Waals surface area contributed by atoms with Crippen LogP contribution in [0.3, 0.4) is 0 Å². The Kier molecular flexibility index (Phi) is 4.23. The molecule has 1 saturated heterocycles. The number of halogens is 1. The molecule has 3 rings (SSSR count). The van der Waals surface area contributed by atoms with Gasteiger partial charge in [-0.3, -0.25) is 0 Å². The zero-order chi connectivity index (χ0) is 15.0. The number of nitrogens with one attached hydrogen (secondary N) is 1. The lowest BCUT2D eigenvalue weighted by Crippen LogP contribution is -2.57. The maximum Gasteiger partial charge on any atom is 0.0387 e. The summed E-state index contributed by atoms with van der Waals surface area (Å²) >= 11 is 3.54. The van der Waals surface area contributed by atoms with Crippen molar-refractivity contribution in [2.45, 2.75) is 32.9 Å². The summed E-state index contributed by atoms with van der Waals surface area (Å²) in [5, 5.41) is 6.26. The molecule has 2 nitrogen and oxygen atoms in total. The van der Waals surface area contributed by atoms with Crippen molar-refractivity contribution in [3.63, 3.8) is 0 Å². The first-order chi connectivity index (χ1) is 10.0. The van der Waals surface area contributed by atoms with E-state index in [0.29, 0.717) is 18.0 Å². The molecule has 0 spiro atoms. The van der Waals surface area contributed by atoms with E-state index in [-0.39, 0.29) is 0 Å². The van der Waals surface area contributed by atoms with E-state index < -0.39 is 0 Å². The van der Waals surface area contributed by atoms with Crippen molar-refractivity contribution in [1.29, 1.82) is 0 Å². The summed E-state index contributed by atoms with van der Waals surface area (Å²) in [6.45, 7) is 9.03. The van der Waals surface area contributed by atoms with Crippen LogP contribution in [0.15, 0.2) is 40.9 Å². The highest BCUT2D eigenvalue weighted by atomic mass is 79.9. The summed E-state index contributed by atoms with van der Waals surface area (Å²) in [4.78, 5) is 2.54. The van der Waals surface area contributed by atoms with Crippen LogP contribution in [0.4, 0.5) is 5.69 Å². The Balaban J connectivity index is 1.92. The molecular weight excluding hydrogens is 324 g/mol. The molecule has 21 heavy (non-hydrogen) atoms. The molecule has 2 aromatic carbocycles. The number of benzene rings is 2. The van der Waals surface area contributed by atoms with E-state index in [9.17, 15) is 0 Å². The summed E-state index contributed by atoms with van der Waals surface area (Å²) < 4.78 is 1.14. The molecule has 0 aromatic heterocycles.